The van der Waals surface area contributed by atoms with Gasteiger partial charge in [-0.2, -0.15) is 0 Å². The summed E-state index contributed by atoms with van der Waals surface area (Å²) in [6, 6.07) is 3.05. The molecule has 0 aliphatic rings. The summed E-state index contributed by atoms with van der Waals surface area (Å²) >= 11 is 0. The fourth-order valence-corrected chi connectivity index (χ4v) is 1.35. The van der Waals surface area contributed by atoms with Gasteiger partial charge in [0.15, 0.2) is 0 Å². The van der Waals surface area contributed by atoms with E-state index >= 15 is 0 Å². The summed E-state index contributed by atoms with van der Waals surface area (Å²) in [7, 11) is 0. The van der Waals surface area contributed by atoms with E-state index in [2.05, 4.69) is 0 Å². The number of hydrogen-bond donors (Lipinski definition) is 3. The molecule has 1 aromatic carbocycles. The van der Waals surface area contributed by atoms with Crippen molar-refractivity contribution in [2.45, 2.75) is 12.3 Å². The van der Waals surface area contributed by atoms with E-state index in [1.165, 1.54) is 0 Å². The van der Waals surface area contributed by atoms with Crippen LogP contribution in [0.4, 0.5) is 8.78 Å². The number of rotatable bonds is 4. The SMILES string of the molecule is NCC(C(=O)O)c1cc(C(F)F)ccc1O. The van der Waals surface area contributed by atoms with E-state index in [0.29, 0.717) is 0 Å². The van der Waals surface area contributed by atoms with Gasteiger partial charge in [-0.05, 0) is 18.2 Å². The Morgan fingerprint density at radius 1 is 1.44 bits per heavy atom. The quantitative estimate of drug-likeness (QED) is 0.732. The highest BCUT2D eigenvalue weighted by molar-refractivity contribution is 5.77. The summed E-state index contributed by atoms with van der Waals surface area (Å²) < 4.78 is 24.8. The summed E-state index contributed by atoms with van der Waals surface area (Å²) in [4.78, 5) is 10.8. The number of nitrogens with two attached hydrogens (primary N) is 1. The summed E-state index contributed by atoms with van der Waals surface area (Å²) in [6.45, 7) is -0.268. The van der Waals surface area contributed by atoms with Crippen molar-refractivity contribution in [3.8, 4) is 5.75 Å². The Kier molecular flexibility index (Phi) is 3.78. The minimum atomic E-state index is -2.72. The lowest BCUT2D eigenvalue weighted by Crippen LogP contribution is -2.21. The highest BCUT2D eigenvalue weighted by Gasteiger charge is 2.22. The molecule has 1 rings (SSSR count). The lowest BCUT2D eigenvalue weighted by molar-refractivity contribution is -0.138. The number of hydrogen-bond acceptors (Lipinski definition) is 3. The number of carboxylic acids is 1. The molecule has 0 amide bonds. The molecule has 0 heterocycles. The second-order valence-corrected chi connectivity index (χ2v) is 3.25. The van der Waals surface area contributed by atoms with Gasteiger partial charge in [-0.15, -0.1) is 0 Å². The van der Waals surface area contributed by atoms with Gasteiger partial charge >= 0.3 is 5.97 Å². The Hall–Kier alpha value is -1.69. The molecule has 0 saturated heterocycles. The maximum atomic E-state index is 12.4. The number of phenols is 1. The van der Waals surface area contributed by atoms with Crippen LogP contribution in [0.25, 0.3) is 0 Å². The van der Waals surface area contributed by atoms with Gasteiger partial charge in [0.2, 0.25) is 0 Å². The van der Waals surface area contributed by atoms with Gasteiger partial charge in [0.1, 0.15) is 5.75 Å². The second-order valence-electron chi connectivity index (χ2n) is 3.25. The van der Waals surface area contributed by atoms with Crippen molar-refractivity contribution in [1.82, 2.24) is 0 Å². The summed E-state index contributed by atoms with van der Waals surface area (Å²) in [5.41, 5.74) is 4.79. The van der Waals surface area contributed by atoms with Crippen LogP contribution in [0, 0.1) is 0 Å². The van der Waals surface area contributed by atoms with Gasteiger partial charge in [0, 0.05) is 17.7 Å². The zero-order valence-electron chi connectivity index (χ0n) is 8.23. The molecule has 0 aliphatic heterocycles. The first-order valence-corrected chi connectivity index (χ1v) is 4.51. The summed E-state index contributed by atoms with van der Waals surface area (Å²) in [5.74, 6) is -2.79. The van der Waals surface area contributed by atoms with E-state index in [0.717, 1.165) is 18.2 Å². The largest absolute Gasteiger partial charge is 0.508 e. The van der Waals surface area contributed by atoms with Crippen LogP contribution >= 0.6 is 0 Å². The van der Waals surface area contributed by atoms with Crippen molar-refractivity contribution < 1.29 is 23.8 Å². The molecule has 4 N–H and O–H groups in total. The Labute approximate surface area is 90.3 Å². The van der Waals surface area contributed by atoms with Gasteiger partial charge in [-0.3, -0.25) is 4.79 Å². The Bertz CT molecular complexity index is 396. The molecule has 1 aromatic rings. The van der Waals surface area contributed by atoms with Crippen molar-refractivity contribution in [1.29, 1.82) is 0 Å². The molecule has 88 valence electrons. The van der Waals surface area contributed by atoms with Gasteiger partial charge in [0.05, 0.1) is 5.92 Å². The van der Waals surface area contributed by atoms with E-state index < -0.39 is 18.3 Å². The molecule has 6 heteroatoms. The normalized spacial score (nSPS) is 12.8. The molecular formula is C10H11F2NO3. The van der Waals surface area contributed by atoms with Crippen LogP contribution < -0.4 is 5.73 Å². The molecule has 4 nitrogen and oxygen atoms in total. The molecule has 0 bridgehead atoms. The third-order valence-corrected chi connectivity index (χ3v) is 2.21. The molecule has 16 heavy (non-hydrogen) atoms. The monoisotopic (exact) mass is 231 g/mol. The first kappa shape index (κ1) is 12.4. The van der Waals surface area contributed by atoms with E-state index in [9.17, 15) is 18.7 Å². The second kappa shape index (κ2) is 4.89. The molecule has 1 atom stereocenters. The van der Waals surface area contributed by atoms with Crippen LogP contribution in [0.3, 0.4) is 0 Å². The summed E-state index contributed by atoms with van der Waals surface area (Å²) in [5, 5.41) is 18.2. The molecule has 0 spiro atoms. The molecule has 0 aliphatic carbocycles. The smallest absolute Gasteiger partial charge is 0.312 e. The number of alkyl halides is 2. The van der Waals surface area contributed by atoms with Crippen molar-refractivity contribution in [3.63, 3.8) is 0 Å². The third-order valence-electron chi connectivity index (χ3n) is 2.21. The molecular weight excluding hydrogens is 220 g/mol. The average Bonchev–Trinajstić information content (AvgIpc) is 2.20. The average molecular weight is 231 g/mol. The maximum Gasteiger partial charge on any atom is 0.312 e. The van der Waals surface area contributed by atoms with Crippen LogP contribution in [0.15, 0.2) is 18.2 Å². The van der Waals surface area contributed by atoms with Crippen LogP contribution in [0.1, 0.15) is 23.5 Å². The minimum Gasteiger partial charge on any atom is -0.508 e. The topological polar surface area (TPSA) is 83.6 Å². The van der Waals surface area contributed by atoms with Crippen molar-refractivity contribution >= 4 is 5.97 Å². The number of halogens is 2. The van der Waals surface area contributed by atoms with E-state index in [-0.39, 0.29) is 23.4 Å². The lowest BCUT2D eigenvalue weighted by Gasteiger charge is -2.13. The Morgan fingerprint density at radius 2 is 2.06 bits per heavy atom. The highest BCUT2D eigenvalue weighted by Crippen LogP contribution is 2.30. The first-order valence-electron chi connectivity index (χ1n) is 4.51. The van der Waals surface area contributed by atoms with Crippen LogP contribution in [-0.2, 0) is 4.79 Å². The number of aromatic hydroxyl groups is 1. The first-order chi connectivity index (χ1) is 7.47. The standard InChI is InChI=1S/C10H11F2NO3/c11-9(12)5-1-2-8(14)6(3-5)7(4-13)10(15)16/h1-3,7,9,14H,4,13H2,(H,15,16). The molecule has 0 fully saturated rings. The third kappa shape index (κ3) is 2.46. The van der Waals surface area contributed by atoms with Crippen LogP contribution in [-0.4, -0.2) is 22.7 Å². The van der Waals surface area contributed by atoms with Gasteiger partial charge < -0.3 is 15.9 Å². The zero-order valence-corrected chi connectivity index (χ0v) is 8.23. The predicted octanol–water partition coefficient (Wildman–Crippen LogP) is 1.46. The van der Waals surface area contributed by atoms with Gasteiger partial charge in [-0.25, -0.2) is 8.78 Å². The number of phenolic OH excluding ortho intramolecular Hbond substituents is 1. The van der Waals surface area contributed by atoms with Gasteiger partial charge in [0.25, 0.3) is 6.43 Å². The Balaban J connectivity index is 3.19. The van der Waals surface area contributed by atoms with Crippen LogP contribution in [0.5, 0.6) is 5.75 Å². The van der Waals surface area contributed by atoms with E-state index in [4.69, 9.17) is 10.8 Å². The fraction of sp³-hybridized carbons (Fsp3) is 0.300. The number of carboxylic acid groups (broad SMARTS) is 1. The number of carbonyl (C=O) groups is 1. The lowest BCUT2D eigenvalue weighted by atomic mass is 9.96. The number of benzene rings is 1. The van der Waals surface area contributed by atoms with Crippen molar-refractivity contribution in [3.05, 3.63) is 29.3 Å². The van der Waals surface area contributed by atoms with Crippen molar-refractivity contribution in [2.24, 2.45) is 5.73 Å². The zero-order chi connectivity index (χ0) is 12.3. The Morgan fingerprint density at radius 3 is 2.50 bits per heavy atom. The predicted molar refractivity (Wildman–Crippen MR) is 52.5 cm³/mol. The molecule has 0 aromatic heterocycles. The molecule has 0 saturated carbocycles. The molecule has 0 radical (unpaired) electrons. The van der Waals surface area contributed by atoms with Crippen molar-refractivity contribution in [2.75, 3.05) is 6.54 Å². The number of aliphatic carboxylic acids is 1. The van der Waals surface area contributed by atoms with Gasteiger partial charge in [-0.1, -0.05) is 0 Å². The maximum absolute atomic E-state index is 12.4. The minimum absolute atomic E-state index is 0.0900. The van der Waals surface area contributed by atoms with E-state index in [1.54, 1.807) is 0 Å². The highest BCUT2D eigenvalue weighted by atomic mass is 19.3. The molecule has 1 unspecified atom stereocenters. The summed E-state index contributed by atoms with van der Waals surface area (Å²) in [6.07, 6.45) is -2.72. The van der Waals surface area contributed by atoms with Crippen LogP contribution in [0.2, 0.25) is 0 Å². The van der Waals surface area contributed by atoms with E-state index in [1.807, 2.05) is 0 Å². The fourth-order valence-electron chi connectivity index (χ4n) is 1.35.